The Bertz CT molecular complexity index is 659. The number of para-hydroxylation sites is 1. The molecule has 20 heavy (non-hydrogen) atoms. The molecule has 1 aromatic heterocycles. The van der Waals surface area contributed by atoms with Gasteiger partial charge < -0.3 is 9.42 Å². The lowest BCUT2D eigenvalue weighted by Crippen LogP contribution is -2.36. The van der Waals surface area contributed by atoms with Crippen LogP contribution in [0.5, 0.6) is 0 Å². The normalized spacial score (nSPS) is 14.2. The second-order valence-electron chi connectivity index (χ2n) is 5.01. The van der Waals surface area contributed by atoms with Crippen LogP contribution < -0.4 is 4.90 Å². The molecule has 1 aliphatic heterocycles. The van der Waals surface area contributed by atoms with Crippen LogP contribution in [0.2, 0.25) is 0 Å². The average molecular weight is 274 g/mol. The summed E-state index contributed by atoms with van der Waals surface area (Å²) in [5, 5.41) is 3.79. The highest BCUT2D eigenvalue weighted by atomic mass is 19.1. The van der Waals surface area contributed by atoms with Crippen LogP contribution in [0.25, 0.3) is 0 Å². The molecule has 1 aliphatic rings. The summed E-state index contributed by atoms with van der Waals surface area (Å²) in [6, 6.07) is 4.93. The first-order valence-corrected chi connectivity index (χ1v) is 6.61. The molecule has 0 N–H and O–H groups in total. The van der Waals surface area contributed by atoms with Crippen molar-refractivity contribution in [2.45, 2.75) is 26.7 Å². The maximum Gasteiger partial charge on any atom is 0.263 e. The third-order valence-corrected chi connectivity index (χ3v) is 3.66. The van der Waals surface area contributed by atoms with Gasteiger partial charge in [0.1, 0.15) is 17.1 Å². The molecule has 0 aliphatic carbocycles. The van der Waals surface area contributed by atoms with Gasteiger partial charge in [0, 0.05) is 6.54 Å². The summed E-state index contributed by atoms with van der Waals surface area (Å²) in [4.78, 5) is 14.2. The molecule has 3 rings (SSSR count). The third kappa shape index (κ3) is 1.90. The molecule has 4 nitrogen and oxygen atoms in total. The number of carbonyl (C=O) groups excluding carboxylic acids is 1. The van der Waals surface area contributed by atoms with E-state index in [1.54, 1.807) is 19.9 Å². The lowest BCUT2D eigenvalue weighted by Gasteiger charge is -2.29. The quantitative estimate of drug-likeness (QED) is 0.803. The first-order valence-electron chi connectivity index (χ1n) is 6.61. The summed E-state index contributed by atoms with van der Waals surface area (Å²) >= 11 is 0. The van der Waals surface area contributed by atoms with Crippen LogP contribution in [0, 0.1) is 19.7 Å². The number of amides is 1. The molecule has 0 saturated heterocycles. The van der Waals surface area contributed by atoms with Crippen LogP contribution in [-0.2, 0) is 6.42 Å². The predicted octanol–water partition coefficient (Wildman–Crippen LogP) is 3.02. The topological polar surface area (TPSA) is 46.3 Å². The minimum absolute atomic E-state index is 0.243. The lowest BCUT2D eigenvalue weighted by atomic mass is 10.00. The van der Waals surface area contributed by atoms with Gasteiger partial charge in [-0.3, -0.25) is 4.79 Å². The number of aromatic nitrogens is 1. The highest BCUT2D eigenvalue weighted by Crippen LogP contribution is 2.31. The van der Waals surface area contributed by atoms with Crippen molar-refractivity contribution in [3.63, 3.8) is 0 Å². The largest absolute Gasteiger partial charge is 0.361 e. The molecule has 0 bridgehead atoms. The van der Waals surface area contributed by atoms with Gasteiger partial charge in [-0.05, 0) is 38.3 Å². The minimum Gasteiger partial charge on any atom is -0.361 e. The van der Waals surface area contributed by atoms with E-state index in [1.165, 1.54) is 11.0 Å². The van der Waals surface area contributed by atoms with Crippen molar-refractivity contribution >= 4 is 11.6 Å². The van der Waals surface area contributed by atoms with Gasteiger partial charge in [-0.2, -0.15) is 0 Å². The van der Waals surface area contributed by atoms with E-state index in [9.17, 15) is 9.18 Å². The number of hydrogen-bond donors (Lipinski definition) is 0. The van der Waals surface area contributed by atoms with Gasteiger partial charge in [0.2, 0.25) is 0 Å². The van der Waals surface area contributed by atoms with E-state index < -0.39 is 0 Å². The summed E-state index contributed by atoms with van der Waals surface area (Å²) in [6.07, 6.45) is 1.62. The average Bonchev–Trinajstić information content (AvgIpc) is 2.77. The summed E-state index contributed by atoms with van der Waals surface area (Å²) < 4.78 is 19.1. The number of halogens is 1. The zero-order chi connectivity index (χ0) is 14.3. The van der Waals surface area contributed by atoms with Crippen LogP contribution in [0.3, 0.4) is 0 Å². The predicted molar refractivity (Wildman–Crippen MR) is 72.4 cm³/mol. The number of rotatable bonds is 1. The van der Waals surface area contributed by atoms with Crippen molar-refractivity contribution in [2.75, 3.05) is 11.4 Å². The molecule has 5 heteroatoms. The smallest absolute Gasteiger partial charge is 0.263 e. The molecule has 2 aromatic rings. The van der Waals surface area contributed by atoms with E-state index in [2.05, 4.69) is 5.16 Å². The van der Waals surface area contributed by atoms with E-state index in [0.717, 1.165) is 18.4 Å². The third-order valence-electron chi connectivity index (χ3n) is 3.66. The van der Waals surface area contributed by atoms with Crippen molar-refractivity contribution in [3.05, 3.63) is 46.6 Å². The van der Waals surface area contributed by atoms with Crippen molar-refractivity contribution in [1.82, 2.24) is 5.16 Å². The molecule has 2 heterocycles. The zero-order valence-corrected chi connectivity index (χ0v) is 11.4. The number of anilines is 1. The molecule has 104 valence electrons. The first-order chi connectivity index (χ1) is 9.59. The summed E-state index contributed by atoms with van der Waals surface area (Å²) in [5.41, 5.74) is 2.23. The fraction of sp³-hybridized carbons (Fsp3) is 0.333. The van der Waals surface area contributed by atoms with Crippen LogP contribution in [0.15, 0.2) is 22.7 Å². The van der Waals surface area contributed by atoms with Gasteiger partial charge in [0.25, 0.3) is 5.91 Å². The summed E-state index contributed by atoms with van der Waals surface area (Å²) in [6.45, 7) is 3.92. The van der Waals surface area contributed by atoms with E-state index in [4.69, 9.17) is 4.52 Å². The van der Waals surface area contributed by atoms with Gasteiger partial charge in [-0.25, -0.2) is 4.39 Å². The number of aryl methyl sites for hydroxylation is 3. The Balaban J connectivity index is 2.07. The summed E-state index contributed by atoms with van der Waals surface area (Å²) in [7, 11) is 0. The van der Waals surface area contributed by atoms with Gasteiger partial charge in [0.05, 0.1) is 11.4 Å². The highest BCUT2D eigenvalue weighted by Gasteiger charge is 2.29. The fourth-order valence-corrected chi connectivity index (χ4v) is 2.73. The Hall–Kier alpha value is -2.17. The van der Waals surface area contributed by atoms with Crippen LogP contribution in [-0.4, -0.2) is 17.6 Å². The number of carbonyl (C=O) groups is 1. The van der Waals surface area contributed by atoms with Gasteiger partial charge in [-0.15, -0.1) is 0 Å². The Morgan fingerprint density at radius 2 is 2.20 bits per heavy atom. The van der Waals surface area contributed by atoms with E-state index >= 15 is 0 Å². The van der Waals surface area contributed by atoms with E-state index in [-0.39, 0.29) is 11.7 Å². The molecule has 0 atom stereocenters. The van der Waals surface area contributed by atoms with E-state index in [0.29, 0.717) is 29.2 Å². The van der Waals surface area contributed by atoms with Crippen molar-refractivity contribution in [2.24, 2.45) is 0 Å². The fourth-order valence-electron chi connectivity index (χ4n) is 2.73. The summed E-state index contributed by atoms with van der Waals surface area (Å²) in [5.74, 6) is -0.134. The molecular formula is C15H15FN2O2. The molecule has 0 radical (unpaired) electrons. The Morgan fingerprint density at radius 3 is 2.90 bits per heavy atom. The number of fused-ring (bicyclic) bond motifs is 1. The standard InChI is InChI=1S/C15H15FN2O2/c1-9-13(10(2)20-17-9)15(19)18-8-4-6-11-5-3-7-12(16)14(11)18/h3,5,7H,4,6,8H2,1-2H3. The number of benzene rings is 1. The van der Waals surface area contributed by atoms with Crippen LogP contribution in [0.4, 0.5) is 10.1 Å². The molecule has 1 aromatic carbocycles. The van der Waals surface area contributed by atoms with Crippen molar-refractivity contribution < 1.29 is 13.7 Å². The monoisotopic (exact) mass is 274 g/mol. The second kappa shape index (κ2) is 4.74. The molecule has 0 spiro atoms. The molecule has 1 amide bonds. The van der Waals surface area contributed by atoms with Crippen LogP contribution >= 0.6 is 0 Å². The van der Waals surface area contributed by atoms with Crippen molar-refractivity contribution in [3.8, 4) is 0 Å². The highest BCUT2D eigenvalue weighted by molar-refractivity contribution is 6.08. The molecule has 0 saturated carbocycles. The number of hydrogen-bond acceptors (Lipinski definition) is 3. The lowest BCUT2D eigenvalue weighted by molar-refractivity contribution is 0.0982. The number of nitrogens with zero attached hydrogens (tertiary/aromatic N) is 2. The molecule has 0 fully saturated rings. The molecule has 0 unspecified atom stereocenters. The Morgan fingerprint density at radius 1 is 1.40 bits per heavy atom. The Kier molecular flexibility index (Phi) is 3.04. The maximum atomic E-state index is 14.1. The van der Waals surface area contributed by atoms with Crippen LogP contribution in [0.1, 0.15) is 33.8 Å². The maximum absolute atomic E-state index is 14.1. The zero-order valence-electron chi connectivity index (χ0n) is 11.4. The van der Waals surface area contributed by atoms with Gasteiger partial charge >= 0.3 is 0 Å². The second-order valence-corrected chi connectivity index (χ2v) is 5.01. The SMILES string of the molecule is Cc1noc(C)c1C(=O)N1CCCc2cccc(F)c21. The van der Waals surface area contributed by atoms with E-state index in [1.807, 2.05) is 6.07 Å². The van der Waals surface area contributed by atoms with Crippen molar-refractivity contribution in [1.29, 1.82) is 0 Å². The van der Waals surface area contributed by atoms with Gasteiger partial charge in [-0.1, -0.05) is 17.3 Å². The minimum atomic E-state index is -0.359. The first kappa shape index (κ1) is 12.8. The molecular weight excluding hydrogens is 259 g/mol. The van der Waals surface area contributed by atoms with Gasteiger partial charge in [0.15, 0.2) is 0 Å². The Labute approximate surface area is 116 Å².